The number of amides is 1. The van der Waals surface area contributed by atoms with Crippen molar-refractivity contribution in [2.45, 2.75) is 37.7 Å². The van der Waals surface area contributed by atoms with Gasteiger partial charge < -0.3 is 19.8 Å². The first-order valence-corrected chi connectivity index (χ1v) is 10.9. The number of nitrogens with zero attached hydrogens (tertiary/aromatic N) is 4. The van der Waals surface area contributed by atoms with Gasteiger partial charge in [0.1, 0.15) is 11.8 Å². The van der Waals surface area contributed by atoms with Gasteiger partial charge in [0.25, 0.3) is 0 Å². The minimum absolute atomic E-state index is 0.0174. The highest BCUT2D eigenvalue weighted by Crippen LogP contribution is 2.30. The molecule has 11 heteroatoms. The van der Waals surface area contributed by atoms with E-state index in [0.29, 0.717) is 13.0 Å². The largest absolute Gasteiger partial charge is 0.444 e. The van der Waals surface area contributed by atoms with E-state index in [1.54, 1.807) is 20.8 Å². The van der Waals surface area contributed by atoms with Crippen molar-refractivity contribution in [3.05, 3.63) is 40.6 Å². The number of carbonyl (C=O) groups is 1. The fourth-order valence-corrected chi connectivity index (χ4v) is 4.99. The lowest BCUT2D eigenvalue weighted by Crippen LogP contribution is -2.40. The molecule has 162 valence electrons. The SMILES string of the molecule is CC(C)(C)OC(=O)N1CCCN(S(=O)(=O)c2cccc3c([N+](=O)[O-])nccc23)CC1. The van der Waals surface area contributed by atoms with Crippen LogP contribution in [-0.4, -0.2) is 65.4 Å². The summed E-state index contributed by atoms with van der Waals surface area (Å²) >= 11 is 0. The van der Waals surface area contributed by atoms with Crippen LogP contribution in [0.25, 0.3) is 10.8 Å². The van der Waals surface area contributed by atoms with Crippen molar-refractivity contribution in [3.63, 3.8) is 0 Å². The molecule has 1 aliphatic rings. The minimum Gasteiger partial charge on any atom is -0.444 e. The molecule has 0 spiro atoms. The summed E-state index contributed by atoms with van der Waals surface area (Å²) in [5.74, 6) is -0.392. The average molecular weight is 436 g/mol. The molecular formula is C19H24N4O6S. The molecule has 0 aliphatic carbocycles. The van der Waals surface area contributed by atoms with Gasteiger partial charge in [-0.1, -0.05) is 6.07 Å². The van der Waals surface area contributed by atoms with Gasteiger partial charge in [-0.3, -0.25) is 0 Å². The lowest BCUT2D eigenvalue weighted by Gasteiger charge is -2.26. The van der Waals surface area contributed by atoms with Crippen molar-refractivity contribution >= 4 is 32.7 Å². The number of fused-ring (bicyclic) bond motifs is 1. The number of aromatic nitrogens is 1. The van der Waals surface area contributed by atoms with E-state index < -0.39 is 32.5 Å². The van der Waals surface area contributed by atoms with Crippen molar-refractivity contribution in [1.82, 2.24) is 14.2 Å². The van der Waals surface area contributed by atoms with Gasteiger partial charge in [0.2, 0.25) is 10.0 Å². The highest BCUT2D eigenvalue weighted by molar-refractivity contribution is 7.89. The first-order chi connectivity index (χ1) is 14.0. The van der Waals surface area contributed by atoms with Crippen LogP contribution in [-0.2, 0) is 14.8 Å². The fourth-order valence-electron chi connectivity index (χ4n) is 3.32. The third kappa shape index (κ3) is 4.51. The molecule has 1 fully saturated rings. The monoisotopic (exact) mass is 436 g/mol. The van der Waals surface area contributed by atoms with Gasteiger partial charge in [0, 0.05) is 31.6 Å². The van der Waals surface area contributed by atoms with Crippen molar-refractivity contribution in [2.75, 3.05) is 26.2 Å². The first kappa shape index (κ1) is 21.9. The Morgan fingerprint density at radius 1 is 1.13 bits per heavy atom. The molecule has 1 aliphatic heterocycles. The van der Waals surface area contributed by atoms with Gasteiger partial charge in [0.15, 0.2) is 0 Å². The highest BCUT2D eigenvalue weighted by atomic mass is 32.2. The quantitative estimate of drug-likeness (QED) is 0.535. The summed E-state index contributed by atoms with van der Waals surface area (Å²) in [5.41, 5.74) is -0.638. The molecule has 1 amide bonds. The van der Waals surface area contributed by atoms with Gasteiger partial charge in [0.05, 0.1) is 10.3 Å². The van der Waals surface area contributed by atoms with E-state index in [2.05, 4.69) is 4.98 Å². The van der Waals surface area contributed by atoms with Gasteiger partial charge in [-0.25, -0.2) is 13.2 Å². The van der Waals surface area contributed by atoms with E-state index in [1.165, 1.54) is 39.7 Å². The molecule has 0 unspecified atom stereocenters. The molecule has 0 N–H and O–H groups in total. The van der Waals surface area contributed by atoms with Crippen LogP contribution in [0.2, 0.25) is 0 Å². The van der Waals surface area contributed by atoms with Crippen LogP contribution in [0, 0.1) is 10.1 Å². The average Bonchev–Trinajstić information content (AvgIpc) is 2.92. The maximum Gasteiger partial charge on any atom is 0.410 e. The molecule has 0 saturated carbocycles. The summed E-state index contributed by atoms with van der Waals surface area (Å²) in [5, 5.41) is 11.7. The van der Waals surface area contributed by atoms with Crippen LogP contribution in [0.5, 0.6) is 0 Å². The summed E-state index contributed by atoms with van der Waals surface area (Å²) in [7, 11) is -3.93. The van der Waals surface area contributed by atoms with Crippen molar-refractivity contribution < 1.29 is 22.9 Å². The normalized spacial score (nSPS) is 16.3. The van der Waals surface area contributed by atoms with E-state index in [0.717, 1.165) is 0 Å². The minimum atomic E-state index is -3.93. The summed E-state index contributed by atoms with van der Waals surface area (Å²) in [4.78, 5) is 28.2. The Labute approximate surface area is 174 Å². The molecule has 1 aromatic heterocycles. The lowest BCUT2D eigenvalue weighted by atomic mass is 10.1. The number of nitro groups is 1. The van der Waals surface area contributed by atoms with Crippen LogP contribution >= 0.6 is 0 Å². The smallest absolute Gasteiger partial charge is 0.410 e. The zero-order valence-corrected chi connectivity index (χ0v) is 17.9. The number of benzene rings is 1. The van der Waals surface area contributed by atoms with E-state index in [4.69, 9.17) is 4.74 Å². The summed E-state index contributed by atoms with van der Waals surface area (Å²) in [6.45, 7) is 6.22. The Kier molecular flexibility index (Phi) is 5.95. The maximum atomic E-state index is 13.3. The van der Waals surface area contributed by atoms with E-state index in [9.17, 15) is 23.3 Å². The molecule has 2 aromatic rings. The first-order valence-electron chi connectivity index (χ1n) is 9.51. The maximum absolute atomic E-state index is 13.3. The van der Waals surface area contributed by atoms with Gasteiger partial charge in [-0.2, -0.15) is 4.31 Å². The Morgan fingerprint density at radius 3 is 2.53 bits per heavy atom. The Hall–Kier alpha value is -2.79. The number of hydrogen-bond acceptors (Lipinski definition) is 7. The standard InChI is InChI=1S/C19H24N4O6S/c1-19(2,3)29-18(24)21-10-5-11-22(13-12-21)30(27,28)16-7-4-6-15-14(16)8-9-20-17(15)23(25)26/h4,6-9H,5,10-13H2,1-3H3. The Bertz CT molecular complexity index is 1080. The van der Waals surface area contributed by atoms with Crippen molar-refractivity contribution in [2.24, 2.45) is 0 Å². The second-order valence-electron chi connectivity index (χ2n) is 7.97. The molecule has 3 rings (SSSR count). The van der Waals surface area contributed by atoms with Gasteiger partial charge >= 0.3 is 11.9 Å². The number of rotatable bonds is 3. The number of sulfonamides is 1. The molecule has 0 bridgehead atoms. The molecule has 1 saturated heterocycles. The number of pyridine rings is 1. The summed E-state index contributed by atoms with van der Waals surface area (Å²) < 4.78 is 33.4. The van der Waals surface area contributed by atoms with Crippen LogP contribution in [0.4, 0.5) is 10.6 Å². The van der Waals surface area contributed by atoms with Crippen LogP contribution < -0.4 is 0 Å². The summed E-state index contributed by atoms with van der Waals surface area (Å²) in [6.07, 6.45) is 1.20. The zero-order valence-electron chi connectivity index (χ0n) is 17.1. The van der Waals surface area contributed by atoms with Crippen LogP contribution in [0.3, 0.4) is 0 Å². The number of hydrogen-bond donors (Lipinski definition) is 0. The van der Waals surface area contributed by atoms with E-state index in [-0.39, 0.29) is 35.3 Å². The molecule has 10 nitrogen and oxygen atoms in total. The van der Waals surface area contributed by atoms with Gasteiger partial charge in [-0.05, 0) is 55.3 Å². The van der Waals surface area contributed by atoms with Crippen LogP contribution in [0.1, 0.15) is 27.2 Å². The van der Waals surface area contributed by atoms with E-state index >= 15 is 0 Å². The second-order valence-corrected chi connectivity index (χ2v) is 9.87. The second kappa shape index (κ2) is 8.15. The van der Waals surface area contributed by atoms with Crippen molar-refractivity contribution in [3.8, 4) is 0 Å². The molecule has 0 atom stereocenters. The summed E-state index contributed by atoms with van der Waals surface area (Å²) in [6, 6.07) is 5.83. The number of carbonyl (C=O) groups excluding carboxylic acids is 1. The molecule has 2 heterocycles. The third-order valence-electron chi connectivity index (χ3n) is 4.64. The third-order valence-corrected chi connectivity index (χ3v) is 6.60. The molecule has 1 aromatic carbocycles. The fraction of sp³-hybridized carbons (Fsp3) is 0.474. The van der Waals surface area contributed by atoms with Gasteiger partial charge in [-0.15, -0.1) is 0 Å². The molecule has 0 radical (unpaired) electrons. The number of ether oxygens (including phenoxy) is 1. The zero-order chi connectivity index (χ0) is 22.1. The highest BCUT2D eigenvalue weighted by Gasteiger charge is 2.31. The van der Waals surface area contributed by atoms with Crippen LogP contribution in [0.15, 0.2) is 35.4 Å². The topological polar surface area (TPSA) is 123 Å². The molecule has 30 heavy (non-hydrogen) atoms. The predicted molar refractivity (Wildman–Crippen MR) is 110 cm³/mol. The molecular weight excluding hydrogens is 412 g/mol. The Balaban J connectivity index is 1.89. The Morgan fingerprint density at radius 2 is 1.87 bits per heavy atom. The van der Waals surface area contributed by atoms with E-state index in [1.807, 2.05) is 0 Å². The lowest BCUT2D eigenvalue weighted by molar-refractivity contribution is -0.387. The predicted octanol–water partition coefficient (Wildman–Crippen LogP) is 2.77. The van der Waals surface area contributed by atoms with Crippen molar-refractivity contribution in [1.29, 1.82) is 0 Å².